The lowest BCUT2D eigenvalue weighted by molar-refractivity contribution is -0.131. The number of likely N-dealkylation sites (tertiary alicyclic amines) is 1. The molecule has 0 spiro atoms. The summed E-state index contributed by atoms with van der Waals surface area (Å²) in [5.74, 6) is 0.981. The summed E-state index contributed by atoms with van der Waals surface area (Å²) in [6.45, 7) is 6.26. The average molecular weight is 393 g/mol. The van der Waals surface area contributed by atoms with Crippen LogP contribution in [0, 0.1) is 0 Å². The van der Waals surface area contributed by atoms with Gasteiger partial charge in [-0.3, -0.25) is 4.79 Å². The molecule has 2 aromatic rings. The van der Waals surface area contributed by atoms with Gasteiger partial charge < -0.3 is 15.0 Å². The summed E-state index contributed by atoms with van der Waals surface area (Å²) in [6, 6.07) is 7.75. The number of piperidine rings is 1. The molecule has 0 saturated carbocycles. The van der Waals surface area contributed by atoms with Gasteiger partial charge in [-0.15, -0.1) is 10.2 Å². The average Bonchev–Trinajstić information content (AvgIpc) is 3.10. The largest absolute Gasteiger partial charge is 0.492 e. The predicted octanol–water partition coefficient (Wildman–Crippen LogP) is 4.17. The molecule has 2 heterocycles. The van der Waals surface area contributed by atoms with Gasteiger partial charge in [-0.1, -0.05) is 35.2 Å². The van der Waals surface area contributed by atoms with E-state index in [0.717, 1.165) is 41.7 Å². The van der Waals surface area contributed by atoms with Crippen LogP contribution in [0.4, 0.5) is 10.8 Å². The zero-order chi connectivity index (χ0) is 18.4. The van der Waals surface area contributed by atoms with Gasteiger partial charge in [0, 0.05) is 13.1 Å². The van der Waals surface area contributed by atoms with Crippen LogP contribution in [0.15, 0.2) is 28.6 Å². The van der Waals surface area contributed by atoms with Crippen LogP contribution in [0.2, 0.25) is 0 Å². The molecule has 1 aromatic heterocycles. The van der Waals surface area contributed by atoms with Crippen LogP contribution < -0.4 is 10.1 Å². The highest BCUT2D eigenvalue weighted by molar-refractivity contribution is 8.02. The molecule has 1 atom stereocenters. The Bertz CT molecular complexity index is 731. The molecule has 1 aromatic carbocycles. The number of thioether (sulfide) groups is 1. The molecule has 0 bridgehead atoms. The Hall–Kier alpha value is -1.80. The Labute approximate surface area is 162 Å². The van der Waals surface area contributed by atoms with E-state index >= 15 is 0 Å². The number of rotatable bonds is 7. The number of nitrogens with zero attached hydrogens (tertiary/aromatic N) is 3. The molecule has 1 aliphatic heterocycles. The third-order valence-corrected chi connectivity index (χ3v) is 6.14. The van der Waals surface area contributed by atoms with Gasteiger partial charge >= 0.3 is 0 Å². The second-order valence-electron chi connectivity index (χ2n) is 6.07. The Morgan fingerprint density at radius 1 is 1.31 bits per heavy atom. The summed E-state index contributed by atoms with van der Waals surface area (Å²) in [5.41, 5.74) is 0.861. The molecule has 1 amide bonds. The quantitative estimate of drug-likeness (QED) is 0.713. The van der Waals surface area contributed by atoms with Crippen LogP contribution in [0.5, 0.6) is 5.75 Å². The summed E-state index contributed by atoms with van der Waals surface area (Å²) in [7, 11) is 0. The first-order chi connectivity index (χ1) is 12.7. The number of carbonyl (C=O) groups excluding carboxylic acids is 1. The molecule has 0 aliphatic carbocycles. The summed E-state index contributed by atoms with van der Waals surface area (Å²) < 4.78 is 6.41. The maximum Gasteiger partial charge on any atom is 0.235 e. The van der Waals surface area contributed by atoms with Crippen molar-refractivity contribution in [2.75, 3.05) is 25.0 Å². The normalized spacial score (nSPS) is 15.5. The summed E-state index contributed by atoms with van der Waals surface area (Å²) in [4.78, 5) is 14.5. The molecule has 3 rings (SSSR count). The van der Waals surface area contributed by atoms with Crippen molar-refractivity contribution < 1.29 is 9.53 Å². The number of hydrogen-bond donors (Lipinski definition) is 1. The van der Waals surface area contributed by atoms with Crippen molar-refractivity contribution in [2.24, 2.45) is 0 Å². The minimum absolute atomic E-state index is 0.149. The van der Waals surface area contributed by atoms with Crippen molar-refractivity contribution in [3.63, 3.8) is 0 Å². The number of amides is 1. The highest BCUT2D eigenvalue weighted by atomic mass is 32.2. The zero-order valence-electron chi connectivity index (χ0n) is 15.1. The fraction of sp³-hybridized carbons (Fsp3) is 0.500. The third kappa shape index (κ3) is 4.88. The van der Waals surface area contributed by atoms with E-state index in [0.29, 0.717) is 11.7 Å². The number of hydrogen-bond acceptors (Lipinski definition) is 7. The van der Waals surface area contributed by atoms with Crippen molar-refractivity contribution in [1.82, 2.24) is 15.1 Å². The van der Waals surface area contributed by atoms with Gasteiger partial charge in [0.2, 0.25) is 11.0 Å². The fourth-order valence-corrected chi connectivity index (χ4v) is 4.84. The van der Waals surface area contributed by atoms with Gasteiger partial charge in [0.05, 0.1) is 17.5 Å². The molecule has 26 heavy (non-hydrogen) atoms. The Morgan fingerprint density at radius 2 is 2.08 bits per heavy atom. The molecular weight excluding hydrogens is 368 g/mol. The first-order valence-electron chi connectivity index (χ1n) is 8.95. The van der Waals surface area contributed by atoms with Crippen molar-refractivity contribution >= 4 is 39.8 Å². The Morgan fingerprint density at radius 3 is 2.85 bits per heavy atom. The van der Waals surface area contributed by atoms with E-state index in [4.69, 9.17) is 4.74 Å². The third-order valence-electron chi connectivity index (χ3n) is 4.13. The lowest BCUT2D eigenvalue weighted by Crippen LogP contribution is -2.40. The van der Waals surface area contributed by atoms with Gasteiger partial charge in [0.15, 0.2) is 4.34 Å². The monoisotopic (exact) mass is 392 g/mol. The SMILES string of the molecule is CCOc1ccccc1Nc1nnc(SC(C)C(=O)N2CCCCC2)s1. The standard InChI is InChI=1S/C18H24N4O2S2/c1-3-24-15-10-6-5-9-14(15)19-17-20-21-18(26-17)25-13(2)16(23)22-11-7-4-8-12-22/h5-6,9-10,13H,3-4,7-8,11-12H2,1-2H3,(H,19,20). The number of ether oxygens (including phenoxy) is 1. The number of anilines is 2. The van der Waals surface area contributed by atoms with Crippen LogP contribution in [0.1, 0.15) is 33.1 Å². The molecule has 1 N–H and O–H groups in total. The van der Waals surface area contributed by atoms with Crippen LogP contribution in [-0.4, -0.2) is 46.0 Å². The van der Waals surface area contributed by atoms with Crippen molar-refractivity contribution in [2.45, 2.75) is 42.7 Å². The van der Waals surface area contributed by atoms with Gasteiger partial charge in [0.1, 0.15) is 5.75 Å². The highest BCUT2D eigenvalue weighted by Crippen LogP contribution is 2.33. The molecule has 6 nitrogen and oxygen atoms in total. The predicted molar refractivity (Wildman–Crippen MR) is 107 cm³/mol. The topological polar surface area (TPSA) is 67.3 Å². The molecule has 1 unspecified atom stereocenters. The number of benzene rings is 1. The number of carbonyl (C=O) groups is 1. The van der Waals surface area contributed by atoms with E-state index in [9.17, 15) is 4.79 Å². The molecule has 1 fully saturated rings. The molecule has 1 saturated heterocycles. The molecule has 0 radical (unpaired) electrons. The summed E-state index contributed by atoms with van der Waals surface area (Å²) in [6.07, 6.45) is 3.43. The number of nitrogens with one attached hydrogen (secondary N) is 1. The molecule has 8 heteroatoms. The van der Waals surface area contributed by atoms with Crippen LogP contribution in [0.25, 0.3) is 0 Å². The first kappa shape index (κ1) is 19.0. The second-order valence-corrected chi connectivity index (χ2v) is 8.64. The van der Waals surface area contributed by atoms with E-state index in [-0.39, 0.29) is 11.2 Å². The van der Waals surface area contributed by atoms with Gasteiger partial charge in [-0.2, -0.15) is 0 Å². The summed E-state index contributed by atoms with van der Waals surface area (Å²) >= 11 is 2.92. The smallest absolute Gasteiger partial charge is 0.235 e. The summed E-state index contributed by atoms with van der Waals surface area (Å²) in [5, 5.41) is 12.2. The molecule has 1 aliphatic rings. The minimum Gasteiger partial charge on any atom is -0.492 e. The minimum atomic E-state index is -0.149. The van der Waals surface area contributed by atoms with Gasteiger partial charge in [0.25, 0.3) is 0 Å². The molecular formula is C18H24N4O2S2. The van der Waals surface area contributed by atoms with Crippen LogP contribution >= 0.6 is 23.1 Å². The maximum absolute atomic E-state index is 12.5. The van der Waals surface area contributed by atoms with E-state index in [1.54, 1.807) is 0 Å². The van der Waals surface area contributed by atoms with E-state index in [2.05, 4.69) is 15.5 Å². The second kappa shape index (κ2) is 9.23. The van der Waals surface area contributed by atoms with Gasteiger partial charge in [-0.25, -0.2) is 0 Å². The zero-order valence-corrected chi connectivity index (χ0v) is 16.7. The van der Waals surface area contributed by atoms with Crippen molar-refractivity contribution in [3.05, 3.63) is 24.3 Å². The highest BCUT2D eigenvalue weighted by Gasteiger charge is 2.24. The number of para-hydroxylation sites is 2. The molecule has 140 valence electrons. The first-order valence-corrected chi connectivity index (χ1v) is 10.6. The lowest BCUT2D eigenvalue weighted by atomic mass is 10.1. The van der Waals surface area contributed by atoms with Crippen molar-refractivity contribution in [1.29, 1.82) is 0 Å². The Kier molecular flexibility index (Phi) is 6.73. The van der Waals surface area contributed by atoms with Gasteiger partial charge in [-0.05, 0) is 45.2 Å². The fourth-order valence-electron chi connectivity index (χ4n) is 2.85. The Balaban J connectivity index is 1.60. The lowest BCUT2D eigenvalue weighted by Gasteiger charge is -2.28. The van der Waals surface area contributed by atoms with Crippen LogP contribution in [-0.2, 0) is 4.79 Å². The van der Waals surface area contributed by atoms with E-state index in [1.165, 1.54) is 29.5 Å². The maximum atomic E-state index is 12.5. The van der Waals surface area contributed by atoms with E-state index < -0.39 is 0 Å². The number of aromatic nitrogens is 2. The van der Waals surface area contributed by atoms with Crippen LogP contribution in [0.3, 0.4) is 0 Å². The van der Waals surface area contributed by atoms with E-state index in [1.807, 2.05) is 43.0 Å². The van der Waals surface area contributed by atoms with Crippen molar-refractivity contribution in [3.8, 4) is 5.75 Å².